The first-order valence-corrected chi connectivity index (χ1v) is 5.11. The Hall–Kier alpha value is -0.0500. The van der Waals surface area contributed by atoms with Crippen molar-refractivity contribution in [3.8, 4) is 0 Å². The average molecular weight is 223 g/mol. The molecule has 0 aromatic carbocycles. The van der Waals surface area contributed by atoms with Gasteiger partial charge in [-0.15, -0.1) is 0 Å². The van der Waals surface area contributed by atoms with Gasteiger partial charge in [0.05, 0.1) is 5.92 Å². The number of alkyl halides is 1. The molecule has 0 aliphatic rings. The Morgan fingerprint density at radius 3 is 2.36 bits per heavy atom. The van der Waals surface area contributed by atoms with Gasteiger partial charge >= 0.3 is 5.97 Å². The third-order valence-corrected chi connectivity index (χ3v) is 1.96. The molecule has 0 rings (SSSR count). The summed E-state index contributed by atoms with van der Waals surface area (Å²) in [6, 6.07) is 0. The van der Waals surface area contributed by atoms with Crippen molar-refractivity contribution >= 4 is 21.9 Å². The molecule has 66 valence electrons. The van der Waals surface area contributed by atoms with E-state index in [-0.39, 0.29) is 11.9 Å². The van der Waals surface area contributed by atoms with E-state index in [2.05, 4.69) is 15.9 Å². The first-order chi connectivity index (χ1) is 5.26. The van der Waals surface area contributed by atoms with Crippen molar-refractivity contribution in [2.75, 3.05) is 11.9 Å². The van der Waals surface area contributed by atoms with Crippen molar-refractivity contribution in [3.63, 3.8) is 0 Å². The highest BCUT2D eigenvalue weighted by atomic mass is 79.9. The first-order valence-electron chi connectivity index (χ1n) is 3.98. The molecule has 0 aliphatic carbocycles. The van der Waals surface area contributed by atoms with Gasteiger partial charge < -0.3 is 4.74 Å². The normalized spacial score (nSPS) is 10.2. The molecule has 0 bridgehead atoms. The highest BCUT2D eigenvalue weighted by molar-refractivity contribution is 9.09. The van der Waals surface area contributed by atoms with Crippen LogP contribution in [0.4, 0.5) is 0 Å². The Bertz CT molecular complexity index is 111. The van der Waals surface area contributed by atoms with Gasteiger partial charge in [0.15, 0.2) is 0 Å². The second-order valence-corrected chi connectivity index (χ2v) is 3.16. The quantitative estimate of drug-likeness (QED) is 0.528. The maximum Gasteiger partial charge on any atom is 0.308 e. The van der Waals surface area contributed by atoms with Gasteiger partial charge in [0.25, 0.3) is 0 Å². The van der Waals surface area contributed by atoms with Crippen LogP contribution in [-0.2, 0) is 9.53 Å². The third-order valence-electron chi connectivity index (χ3n) is 1.64. The summed E-state index contributed by atoms with van der Waals surface area (Å²) >= 11 is 3.19. The molecule has 0 spiro atoms. The molecule has 0 atom stereocenters. The Morgan fingerprint density at radius 2 is 2.00 bits per heavy atom. The second kappa shape index (κ2) is 6.65. The monoisotopic (exact) mass is 222 g/mol. The van der Waals surface area contributed by atoms with E-state index in [1.807, 2.05) is 13.8 Å². The minimum Gasteiger partial charge on any atom is -0.465 e. The predicted molar refractivity (Wildman–Crippen MR) is 48.8 cm³/mol. The molecule has 0 heterocycles. The van der Waals surface area contributed by atoms with E-state index in [9.17, 15) is 4.79 Å². The molecule has 0 aromatic rings. The third kappa shape index (κ3) is 4.40. The summed E-state index contributed by atoms with van der Waals surface area (Å²) < 4.78 is 4.95. The molecule has 0 fully saturated rings. The molecule has 0 N–H and O–H groups in total. The Balaban J connectivity index is 3.61. The van der Waals surface area contributed by atoms with Gasteiger partial charge in [0.1, 0.15) is 6.61 Å². The maximum absolute atomic E-state index is 11.1. The minimum atomic E-state index is -0.0607. The largest absolute Gasteiger partial charge is 0.465 e. The average Bonchev–Trinajstić information content (AvgIpc) is 2.03. The fourth-order valence-electron chi connectivity index (χ4n) is 0.879. The Kier molecular flexibility index (Phi) is 6.62. The number of carbonyl (C=O) groups is 1. The van der Waals surface area contributed by atoms with Gasteiger partial charge in [-0.2, -0.15) is 0 Å². The van der Waals surface area contributed by atoms with Crippen LogP contribution in [0, 0.1) is 5.92 Å². The topological polar surface area (TPSA) is 26.3 Å². The summed E-state index contributed by atoms with van der Waals surface area (Å²) in [6.07, 6.45) is 1.75. The van der Waals surface area contributed by atoms with E-state index in [1.165, 1.54) is 0 Å². The van der Waals surface area contributed by atoms with Crippen LogP contribution in [0.1, 0.15) is 26.7 Å². The van der Waals surface area contributed by atoms with Crippen LogP contribution in [0.3, 0.4) is 0 Å². The van der Waals surface area contributed by atoms with Crippen molar-refractivity contribution in [3.05, 3.63) is 0 Å². The maximum atomic E-state index is 11.1. The molecule has 2 nitrogen and oxygen atoms in total. The minimum absolute atomic E-state index is 0.0607. The van der Waals surface area contributed by atoms with Crippen LogP contribution < -0.4 is 0 Å². The van der Waals surface area contributed by atoms with Crippen molar-refractivity contribution in [1.29, 1.82) is 0 Å². The lowest BCUT2D eigenvalue weighted by Gasteiger charge is -2.10. The number of rotatable bonds is 5. The SMILES string of the molecule is CCC(CC)C(=O)OCCBr. The van der Waals surface area contributed by atoms with Crippen LogP contribution >= 0.6 is 15.9 Å². The summed E-state index contributed by atoms with van der Waals surface area (Å²) in [5.41, 5.74) is 0. The first kappa shape index (κ1) is 11.0. The Labute approximate surface area is 76.4 Å². The fraction of sp³-hybridized carbons (Fsp3) is 0.875. The van der Waals surface area contributed by atoms with Gasteiger partial charge in [-0.3, -0.25) is 4.79 Å². The van der Waals surface area contributed by atoms with Crippen LogP contribution in [-0.4, -0.2) is 17.9 Å². The summed E-state index contributed by atoms with van der Waals surface area (Å²) in [5, 5.41) is 0.721. The van der Waals surface area contributed by atoms with Crippen molar-refractivity contribution in [2.45, 2.75) is 26.7 Å². The molecular weight excluding hydrogens is 208 g/mol. The lowest BCUT2D eigenvalue weighted by Crippen LogP contribution is -2.17. The van der Waals surface area contributed by atoms with Gasteiger partial charge in [-0.1, -0.05) is 29.8 Å². The molecule has 0 radical (unpaired) electrons. The number of hydrogen-bond donors (Lipinski definition) is 0. The molecule has 0 aromatic heterocycles. The summed E-state index contributed by atoms with van der Waals surface area (Å²) in [7, 11) is 0. The molecule has 0 amide bonds. The molecular formula is C8H15BrO2. The number of ether oxygens (including phenoxy) is 1. The molecule has 0 saturated heterocycles. The molecule has 0 aliphatic heterocycles. The zero-order valence-electron chi connectivity index (χ0n) is 7.10. The van der Waals surface area contributed by atoms with Gasteiger partial charge in [0.2, 0.25) is 0 Å². The van der Waals surface area contributed by atoms with Crippen LogP contribution in [0.25, 0.3) is 0 Å². The van der Waals surface area contributed by atoms with E-state index in [4.69, 9.17) is 4.74 Å². The van der Waals surface area contributed by atoms with Gasteiger partial charge in [-0.25, -0.2) is 0 Å². The van der Waals surface area contributed by atoms with Crippen LogP contribution in [0.5, 0.6) is 0 Å². The molecule has 0 unspecified atom stereocenters. The molecule has 11 heavy (non-hydrogen) atoms. The molecule has 0 saturated carbocycles. The zero-order chi connectivity index (χ0) is 8.69. The second-order valence-electron chi connectivity index (χ2n) is 2.37. The fourth-order valence-corrected chi connectivity index (χ4v) is 1.04. The highest BCUT2D eigenvalue weighted by Gasteiger charge is 2.14. The summed E-state index contributed by atoms with van der Waals surface area (Å²) in [6.45, 7) is 4.49. The summed E-state index contributed by atoms with van der Waals surface area (Å²) in [5.74, 6) is 0.0310. The predicted octanol–water partition coefficient (Wildman–Crippen LogP) is 2.36. The standard InChI is InChI=1S/C8H15BrO2/c1-3-7(4-2)8(10)11-6-5-9/h7H,3-6H2,1-2H3. The molecule has 3 heteroatoms. The van der Waals surface area contributed by atoms with E-state index in [0.29, 0.717) is 6.61 Å². The lowest BCUT2D eigenvalue weighted by molar-refractivity contribution is -0.148. The van der Waals surface area contributed by atoms with Crippen LogP contribution in [0.15, 0.2) is 0 Å². The highest BCUT2D eigenvalue weighted by Crippen LogP contribution is 2.09. The van der Waals surface area contributed by atoms with E-state index < -0.39 is 0 Å². The van der Waals surface area contributed by atoms with Gasteiger partial charge in [-0.05, 0) is 12.8 Å². The summed E-state index contributed by atoms with van der Waals surface area (Å²) in [4.78, 5) is 11.1. The van der Waals surface area contributed by atoms with Crippen LogP contribution in [0.2, 0.25) is 0 Å². The number of hydrogen-bond acceptors (Lipinski definition) is 2. The number of halogens is 1. The smallest absolute Gasteiger partial charge is 0.308 e. The Morgan fingerprint density at radius 1 is 1.45 bits per heavy atom. The van der Waals surface area contributed by atoms with E-state index in [1.54, 1.807) is 0 Å². The van der Waals surface area contributed by atoms with E-state index >= 15 is 0 Å². The van der Waals surface area contributed by atoms with Crippen molar-refractivity contribution in [2.24, 2.45) is 5.92 Å². The van der Waals surface area contributed by atoms with Crippen molar-refractivity contribution in [1.82, 2.24) is 0 Å². The van der Waals surface area contributed by atoms with Crippen molar-refractivity contribution < 1.29 is 9.53 Å². The van der Waals surface area contributed by atoms with E-state index in [0.717, 1.165) is 18.2 Å². The van der Waals surface area contributed by atoms with Gasteiger partial charge in [0, 0.05) is 5.33 Å². The number of carbonyl (C=O) groups excluding carboxylic acids is 1. The lowest BCUT2D eigenvalue weighted by atomic mass is 10.0. The number of esters is 1. The zero-order valence-corrected chi connectivity index (χ0v) is 8.69.